The van der Waals surface area contributed by atoms with Crippen molar-refractivity contribution in [1.29, 1.82) is 0 Å². The first-order chi connectivity index (χ1) is 17.7. The van der Waals surface area contributed by atoms with E-state index in [0.717, 1.165) is 22.6 Å². The summed E-state index contributed by atoms with van der Waals surface area (Å²) in [6, 6.07) is 36.6. The van der Waals surface area contributed by atoms with Crippen LogP contribution in [0.3, 0.4) is 0 Å². The van der Waals surface area contributed by atoms with Crippen LogP contribution in [0.2, 0.25) is 0 Å². The van der Waals surface area contributed by atoms with Crippen molar-refractivity contribution in [3.63, 3.8) is 0 Å². The normalized spacial score (nSPS) is 26.9. The number of carbonyl (C=O) groups is 1. The van der Waals surface area contributed by atoms with Crippen molar-refractivity contribution in [2.75, 3.05) is 5.75 Å². The number of rotatable bonds is 7. The number of thioether (sulfide) groups is 2. The topological polar surface area (TPSA) is 17.1 Å². The predicted molar refractivity (Wildman–Crippen MR) is 153 cm³/mol. The van der Waals surface area contributed by atoms with E-state index < -0.39 is 0 Å². The van der Waals surface area contributed by atoms with Crippen LogP contribution in [0.25, 0.3) is 11.1 Å². The van der Waals surface area contributed by atoms with Gasteiger partial charge in [0, 0.05) is 33.7 Å². The highest BCUT2D eigenvalue weighted by atomic mass is 32.2. The van der Waals surface area contributed by atoms with E-state index >= 15 is 0 Å². The Balaban J connectivity index is 1.33. The molecule has 1 saturated carbocycles. The van der Waals surface area contributed by atoms with E-state index in [2.05, 4.69) is 116 Å². The summed E-state index contributed by atoms with van der Waals surface area (Å²) in [5.74, 6) is 2.98. The molecule has 2 bridgehead atoms. The molecule has 178 valence electrons. The number of carbonyl (C=O) groups excluding carboxylic acids is 1. The van der Waals surface area contributed by atoms with Crippen LogP contribution < -0.4 is 0 Å². The van der Waals surface area contributed by atoms with Crippen molar-refractivity contribution >= 4 is 29.3 Å². The molecule has 1 nitrogen and oxygen atoms in total. The van der Waals surface area contributed by atoms with E-state index in [1.165, 1.54) is 27.8 Å². The zero-order valence-electron chi connectivity index (χ0n) is 20.3. The minimum Gasteiger partial charge on any atom is -0.293 e. The largest absolute Gasteiger partial charge is 0.293 e. The van der Waals surface area contributed by atoms with Gasteiger partial charge in [-0.25, -0.2) is 0 Å². The van der Waals surface area contributed by atoms with Crippen LogP contribution >= 0.6 is 23.5 Å². The number of hydrogen-bond donors (Lipinski definition) is 0. The molecule has 5 atom stereocenters. The van der Waals surface area contributed by atoms with Crippen molar-refractivity contribution in [2.24, 2.45) is 5.41 Å². The lowest BCUT2D eigenvalue weighted by Crippen LogP contribution is -2.31. The molecule has 3 heteroatoms. The number of hydrogen-bond acceptors (Lipinski definition) is 3. The minimum atomic E-state index is -0.342. The van der Waals surface area contributed by atoms with E-state index in [9.17, 15) is 4.79 Å². The third-order valence-corrected chi connectivity index (χ3v) is 11.1. The summed E-state index contributed by atoms with van der Waals surface area (Å²) in [7, 11) is 0. The fourth-order valence-electron chi connectivity index (χ4n) is 6.86. The Bertz CT molecular complexity index is 1440. The average molecular weight is 505 g/mol. The Morgan fingerprint density at radius 3 is 2.14 bits per heavy atom. The SMILES string of the molecule is CCSCc1ccccc1[C@H]1[C@@H]2S[C@@H]3[C@@H](c4ccccc42)[C@]31C(=O)c1ccc(-c2ccccc2)cc1. The Morgan fingerprint density at radius 2 is 1.39 bits per heavy atom. The lowest BCUT2D eigenvalue weighted by molar-refractivity contribution is 0.0870. The van der Waals surface area contributed by atoms with E-state index in [1.807, 2.05) is 17.8 Å². The zero-order chi connectivity index (χ0) is 24.3. The first-order valence-electron chi connectivity index (χ1n) is 12.8. The van der Waals surface area contributed by atoms with Gasteiger partial charge in [0.15, 0.2) is 5.78 Å². The van der Waals surface area contributed by atoms with Crippen LogP contribution in [0.4, 0.5) is 0 Å². The molecule has 4 aromatic rings. The molecular weight excluding hydrogens is 476 g/mol. The standard InChI is InChI=1S/C33H28OS2/c1-2-35-20-24-12-6-7-13-25(24)28-30-27-15-9-8-14-26(27)29-32(36-30)33(28,29)31(34)23-18-16-22(17-19-23)21-10-4-3-5-11-21/h3-19,28-30,32H,2,20H2,1H3/t28-,29+,30+,32+,33+/m0/s1. The van der Waals surface area contributed by atoms with Gasteiger partial charge in [-0.2, -0.15) is 11.8 Å². The predicted octanol–water partition coefficient (Wildman–Crippen LogP) is 8.53. The Morgan fingerprint density at radius 1 is 0.750 bits per heavy atom. The molecule has 0 N–H and O–H groups in total. The minimum absolute atomic E-state index is 0.224. The van der Waals surface area contributed by atoms with Gasteiger partial charge in [-0.1, -0.05) is 110 Å². The number of Topliss-reactive ketones (excluding diaryl/α,β-unsaturated/α-hetero) is 1. The summed E-state index contributed by atoms with van der Waals surface area (Å²) >= 11 is 4.03. The summed E-state index contributed by atoms with van der Waals surface area (Å²) in [5, 5.41) is 0.715. The van der Waals surface area contributed by atoms with Gasteiger partial charge in [0.1, 0.15) is 0 Å². The van der Waals surface area contributed by atoms with Gasteiger partial charge >= 0.3 is 0 Å². The highest BCUT2D eigenvalue weighted by Crippen LogP contribution is 2.86. The van der Waals surface area contributed by atoms with Crippen LogP contribution in [0.15, 0.2) is 103 Å². The third-order valence-electron chi connectivity index (χ3n) is 8.43. The molecule has 2 fully saturated rings. The van der Waals surface area contributed by atoms with Crippen molar-refractivity contribution < 1.29 is 4.79 Å². The van der Waals surface area contributed by atoms with Crippen LogP contribution in [-0.2, 0) is 5.75 Å². The molecule has 0 radical (unpaired) electrons. The molecule has 1 heterocycles. The summed E-state index contributed by atoms with van der Waals surface area (Å²) < 4.78 is 0. The van der Waals surface area contributed by atoms with Gasteiger partial charge in [0.2, 0.25) is 0 Å². The summed E-state index contributed by atoms with van der Waals surface area (Å²) in [4.78, 5) is 14.5. The molecule has 1 aliphatic heterocycles. The van der Waals surface area contributed by atoms with Gasteiger partial charge in [-0.15, -0.1) is 11.8 Å². The summed E-state index contributed by atoms with van der Waals surface area (Å²) in [6.45, 7) is 2.22. The fourth-order valence-corrected chi connectivity index (χ4v) is 9.83. The summed E-state index contributed by atoms with van der Waals surface area (Å²) in [6.07, 6.45) is 0. The molecule has 1 saturated heterocycles. The molecule has 7 rings (SSSR count). The highest BCUT2D eigenvalue weighted by Gasteiger charge is 2.81. The van der Waals surface area contributed by atoms with Crippen LogP contribution in [0.5, 0.6) is 0 Å². The fraction of sp³-hybridized carbons (Fsp3) is 0.242. The van der Waals surface area contributed by atoms with Crippen LogP contribution in [-0.4, -0.2) is 16.8 Å². The first kappa shape index (κ1) is 22.4. The maximum Gasteiger partial charge on any atom is 0.171 e. The lowest BCUT2D eigenvalue weighted by atomic mass is 9.68. The zero-order valence-corrected chi connectivity index (χ0v) is 21.9. The van der Waals surface area contributed by atoms with Gasteiger partial charge in [0.05, 0.1) is 5.41 Å². The molecule has 2 aliphatic carbocycles. The van der Waals surface area contributed by atoms with E-state index in [1.54, 1.807) is 0 Å². The molecule has 36 heavy (non-hydrogen) atoms. The van der Waals surface area contributed by atoms with Crippen molar-refractivity contribution in [3.8, 4) is 11.1 Å². The molecule has 3 aliphatic rings. The summed E-state index contributed by atoms with van der Waals surface area (Å²) in [5.41, 5.74) is 8.51. The smallest absolute Gasteiger partial charge is 0.171 e. The Labute approximate surface area is 221 Å². The molecule has 0 spiro atoms. The highest BCUT2D eigenvalue weighted by molar-refractivity contribution is 8.01. The third kappa shape index (κ3) is 3.15. The maximum atomic E-state index is 14.5. The van der Waals surface area contributed by atoms with E-state index in [4.69, 9.17) is 0 Å². The number of benzene rings is 4. The Hall–Kier alpha value is -2.75. The number of fused-ring (bicyclic) bond motifs is 5. The quantitative estimate of drug-likeness (QED) is 0.235. The molecule has 0 unspecified atom stereocenters. The molecular formula is C33H28OS2. The van der Waals surface area contributed by atoms with Crippen molar-refractivity contribution in [3.05, 3.63) is 131 Å². The van der Waals surface area contributed by atoms with Crippen molar-refractivity contribution in [2.45, 2.75) is 35.0 Å². The van der Waals surface area contributed by atoms with Gasteiger partial charge in [-0.3, -0.25) is 4.79 Å². The second kappa shape index (κ2) is 8.68. The van der Waals surface area contributed by atoms with Crippen molar-refractivity contribution in [1.82, 2.24) is 0 Å². The monoisotopic (exact) mass is 504 g/mol. The maximum absolute atomic E-state index is 14.5. The first-order valence-corrected chi connectivity index (χ1v) is 14.9. The van der Waals surface area contributed by atoms with Gasteiger partial charge < -0.3 is 0 Å². The molecule has 0 amide bonds. The van der Waals surface area contributed by atoms with Gasteiger partial charge in [0.25, 0.3) is 0 Å². The Kier molecular flexibility index (Phi) is 5.41. The lowest BCUT2D eigenvalue weighted by Gasteiger charge is -2.37. The van der Waals surface area contributed by atoms with E-state index in [-0.39, 0.29) is 11.3 Å². The average Bonchev–Trinajstić information content (AvgIpc) is 3.52. The number of ketones is 1. The second-order valence-electron chi connectivity index (χ2n) is 10.1. The molecule has 0 aromatic heterocycles. The van der Waals surface area contributed by atoms with E-state index in [0.29, 0.717) is 22.2 Å². The molecule has 4 aromatic carbocycles. The second-order valence-corrected chi connectivity index (χ2v) is 12.7. The van der Waals surface area contributed by atoms with Crippen LogP contribution in [0, 0.1) is 5.41 Å². The van der Waals surface area contributed by atoms with Crippen LogP contribution in [0.1, 0.15) is 56.6 Å². The van der Waals surface area contributed by atoms with Gasteiger partial charge in [-0.05, 0) is 39.1 Å².